The van der Waals surface area contributed by atoms with Crippen LogP contribution in [0.5, 0.6) is 0 Å². The van der Waals surface area contributed by atoms with Crippen molar-refractivity contribution in [3.8, 4) is 0 Å². The first kappa shape index (κ1) is 22.1. The highest BCUT2D eigenvalue weighted by Gasteiger charge is 2.53. The highest BCUT2D eigenvalue weighted by molar-refractivity contribution is 7.09. The molecule has 1 aromatic carbocycles. The maximum absolute atomic E-state index is 13.5. The molecule has 3 rings (SSSR count). The number of carbonyl (C=O) groups excluding carboxylic acids is 3. The van der Waals surface area contributed by atoms with Gasteiger partial charge in [-0.1, -0.05) is 24.3 Å². The van der Waals surface area contributed by atoms with Crippen molar-refractivity contribution < 1.29 is 19.1 Å². The van der Waals surface area contributed by atoms with Crippen LogP contribution >= 0.6 is 11.3 Å². The van der Waals surface area contributed by atoms with Gasteiger partial charge in [0.2, 0.25) is 17.7 Å². The lowest BCUT2D eigenvalue weighted by molar-refractivity contribution is -0.141. The Hall–Kier alpha value is -2.58. The van der Waals surface area contributed by atoms with Crippen LogP contribution in [-0.4, -0.2) is 47.9 Å². The number of aromatic nitrogens is 1. The zero-order valence-corrected chi connectivity index (χ0v) is 18.4. The number of thiazole rings is 1. The summed E-state index contributed by atoms with van der Waals surface area (Å²) in [6.07, 6.45) is 0.481. The lowest BCUT2D eigenvalue weighted by Crippen LogP contribution is -2.43. The Labute approximate surface area is 180 Å². The van der Waals surface area contributed by atoms with E-state index in [0.717, 1.165) is 21.8 Å². The van der Waals surface area contributed by atoms with E-state index in [-0.39, 0.29) is 30.6 Å². The van der Waals surface area contributed by atoms with Crippen LogP contribution in [0.15, 0.2) is 29.6 Å². The predicted molar refractivity (Wildman–Crippen MR) is 114 cm³/mol. The first-order valence-corrected chi connectivity index (χ1v) is 10.8. The minimum atomic E-state index is -1.18. The topological polar surface area (TPSA) is 88.6 Å². The Morgan fingerprint density at radius 2 is 2.07 bits per heavy atom. The summed E-state index contributed by atoms with van der Waals surface area (Å²) >= 11 is 1.48. The molecule has 7 nitrogen and oxygen atoms in total. The van der Waals surface area contributed by atoms with Crippen LogP contribution in [0.4, 0.5) is 0 Å². The number of likely N-dealkylation sites (tertiary alicyclic amines) is 1. The van der Waals surface area contributed by atoms with Crippen LogP contribution < -0.4 is 5.32 Å². The first-order valence-electron chi connectivity index (χ1n) is 9.95. The smallest absolute Gasteiger partial charge is 0.240 e. The number of methoxy groups -OCH3 is 1. The number of hydrogen-bond acceptors (Lipinski definition) is 6. The molecule has 1 fully saturated rings. The fourth-order valence-electron chi connectivity index (χ4n) is 3.94. The van der Waals surface area contributed by atoms with Gasteiger partial charge in [-0.15, -0.1) is 11.3 Å². The normalized spacial score (nSPS) is 18.8. The first-order chi connectivity index (χ1) is 14.4. The number of imide groups is 1. The van der Waals surface area contributed by atoms with E-state index in [9.17, 15) is 14.4 Å². The van der Waals surface area contributed by atoms with E-state index in [1.165, 1.54) is 16.2 Å². The zero-order valence-electron chi connectivity index (χ0n) is 17.6. The molecule has 0 saturated carbocycles. The number of nitrogens with one attached hydrogen (secondary N) is 1. The molecule has 0 aliphatic carbocycles. The Bertz CT molecular complexity index is 942. The predicted octanol–water partition coefficient (Wildman–Crippen LogP) is 2.50. The monoisotopic (exact) mass is 429 g/mol. The van der Waals surface area contributed by atoms with Crippen LogP contribution in [0.25, 0.3) is 0 Å². The third-order valence-corrected chi connectivity index (χ3v) is 6.33. The number of hydrogen-bond donors (Lipinski definition) is 1. The van der Waals surface area contributed by atoms with Crippen molar-refractivity contribution >= 4 is 29.1 Å². The van der Waals surface area contributed by atoms with Gasteiger partial charge in [0.05, 0.1) is 12.0 Å². The SMILES string of the molecule is COCCCN1C(=O)C[C@](CC(=O)NCc2nc(C)cs2)(c2ccccc2C)C1=O. The highest BCUT2D eigenvalue weighted by atomic mass is 32.1. The summed E-state index contributed by atoms with van der Waals surface area (Å²) < 4.78 is 5.05. The van der Waals surface area contributed by atoms with Gasteiger partial charge in [-0.2, -0.15) is 0 Å². The molecule has 1 aromatic heterocycles. The number of ether oxygens (including phenoxy) is 1. The van der Waals surface area contributed by atoms with E-state index in [1.807, 2.05) is 43.5 Å². The van der Waals surface area contributed by atoms with Crippen LogP contribution in [0.3, 0.4) is 0 Å². The molecular weight excluding hydrogens is 402 g/mol. The summed E-state index contributed by atoms with van der Waals surface area (Å²) in [6, 6.07) is 7.47. The number of amides is 3. The van der Waals surface area contributed by atoms with E-state index < -0.39 is 5.41 Å². The van der Waals surface area contributed by atoms with Crippen molar-refractivity contribution in [2.45, 2.75) is 45.1 Å². The molecule has 2 heterocycles. The van der Waals surface area contributed by atoms with E-state index in [4.69, 9.17) is 4.74 Å². The quantitative estimate of drug-likeness (QED) is 0.489. The summed E-state index contributed by atoms with van der Waals surface area (Å²) in [4.78, 5) is 44.7. The van der Waals surface area contributed by atoms with Gasteiger partial charge in [-0.05, 0) is 31.4 Å². The number of rotatable bonds is 9. The third kappa shape index (κ3) is 4.60. The summed E-state index contributed by atoms with van der Waals surface area (Å²) in [5.74, 6) is -0.827. The van der Waals surface area contributed by atoms with Gasteiger partial charge < -0.3 is 10.1 Å². The zero-order chi connectivity index (χ0) is 21.7. The van der Waals surface area contributed by atoms with Gasteiger partial charge >= 0.3 is 0 Å². The molecule has 0 bridgehead atoms. The Kier molecular flexibility index (Phi) is 6.99. The largest absolute Gasteiger partial charge is 0.385 e. The lowest BCUT2D eigenvalue weighted by atomic mass is 9.74. The van der Waals surface area contributed by atoms with Crippen molar-refractivity contribution in [1.29, 1.82) is 0 Å². The van der Waals surface area contributed by atoms with E-state index >= 15 is 0 Å². The highest BCUT2D eigenvalue weighted by Crippen LogP contribution is 2.41. The van der Waals surface area contributed by atoms with Crippen LogP contribution in [0.2, 0.25) is 0 Å². The van der Waals surface area contributed by atoms with E-state index in [1.54, 1.807) is 7.11 Å². The average molecular weight is 430 g/mol. The second kappa shape index (κ2) is 9.49. The van der Waals surface area contributed by atoms with Crippen molar-refractivity contribution in [2.75, 3.05) is 20.3 Å². The molecule has 3 amide bonds. The van der Waals surface area contributed by atoms with Gasteiger partial charge in [-0.3, -0.25) is 19.3 Å². The van der Waals surface area contributed by atoms with E-state index in [0.29, 0.717) is 26.1 Å². The summed E-state index contributed by atoms with van der Waals surface area (Å²) in [5.41, 5.74) is 1.35. The van der Waals surface area contributed by atoms with Crippen LogP contribution in [0.1, 0.15) is 41.1 Å². The molecule has 1 saturated heterocycles. The molecular formula is C22H27N3O4S. The van der Waals surface area contributed by atoms with Gasteiger partial charge in [0.1, 0.15) is 5.01 Å². The molecule has 1 atom stereocenters. The summed E-state index contributed by atoms with van der Waals surface area (Å²) in [5, 5.41) is 5.59. The number of benzene rings is 1. The van der Waals surface area contributed by atoms with Gasteiger partial charge in [0, 0.05) is 44.2 Å². The van der Waals surface area contributed by atoms with Crippen LogP contribution in [-0.2, 0) is 31.1 Å². The van der Waals surface area contributed by atoms with Crippen LogP contribution in [0, 0.1) is 13.8 Å². The fourth-order valence-corrected chi connectivity index (χ4v) is 4.65. The molecule has 0 spiro atoms. The van der Waals surface area contributed by atoms with Gasteiger partial charge in [0.15, 0.2) is 0 Å². The molecule has 8 heteroatoms. The maximum atomic E-state index is 13.5. The van der Waals surface area contributed by atoms with Crippen molar-refractivity contribution in [3.63, 3.8) is 0 Å². The number of carbonyl (C=O) groups is 3. The molecule has 0 unspecified atom stereocenters. The van der Waals surface area contributed by atoms with Gasteiger partial charge in [0.25, 0.3) is 0 Å². The second-order valence-electron chi connectivity index (χ2n) is 7.61. The standard InChI is InChI=1S/C22H27N3O4S/c1-15-7-4-5-8-17(15)22(11-18(26)23-13-19-24-16(2)14-30-19)12-20(27)25(21(22)28)9-6-10-29-3/h4-5,7-8,14H,6,9-13H2,1-3H3,(H,23,26)/t22-/m1/s1. The molecule has 1 aliphatic rings. The summed E-state index contributed by atoms with van der Waals surface area (Å²) in [6.45, 7) is 4.86. The molecule has 30 heavy (non-hydrogen) atoms. The van der Waals surface area contributed by atoms with E-state index in [2.05, 4.69) is 10.3 Å². The molecule has 0 radical (unpaired) electrons. The summed E-state index contributed by atoms with van der Waals surface area (Å²) in [7, 11) is 1.58. The lowest BCUT2D eigenvalue weighted by Gasteiger charge is -2.28. The number of aryl methyl sites for hydroxylation is 2. The average Bonchev–Trinajstić information content (AvgIpc) is 3.23. The molecule has 1 N–H and O–H groups in total. The molecule has 2 aromatic rings. The fraction of sp³-hybridized carbons (Fsp3) is 0.455. The third-order valence-electron chi connectivity index (χ3n) is 5.37. The van der Waals surface area contributed by atoms with Crippen molar-refractivity contribution in [2.24, 2.45) is 0 Å². The van der Waals surface area contributed by atoms with Crippen molar-refractivity contribution in [1.82, 2.24) is 15.2 Å². The van der Waals surface area contributed by atoms with Gasteiger partial charge in [-0.25, -0.2) is 4.98 Å². The molecule has 160 valence electrons. The van der Waals surface area contributed by atoms with Crippen molar-refractivity contribution in [3.05, 3.63) is 51.5 Å². The molecule has 1 aliphatic heterocycles. The Morgan fingerprint density at radius 1 is 1.30 bits per heavy atom. The number of nitrogens with zero attached hydrogens (tertiary/aromatic N) is 2. The minimum Gasteiger partial charge on any atom is -0.385 e. The second-order valence-corrected chi connectivity index (χ2v) is 8.55. The minimum absolute atomic E-state index is 0.00650. The Morgan fingerprint density at radius 3 is 2.73 bits per heavy atom. The maximum Gasteiger partial charge on any atom is 0.240 e. The Balaban J connectivity index is 1.84.